The molecule has 2 fully saturated rings. The molecular formula is C59H78N6O11. The number of benzene rings is 3. The molecule has 0 saturated carbocycles. The number of nitrogens with zero attached hydrogens (tertiary/aromatic N) is 5. The number of allylic oxidation sites excluding steroid dienone is 3. The van der Waals surface area contributed by atoms with Crippen LogP contribution in [0.1, 0.15) is 110 Å². The third kappa shape index (κ3) is 10.8. The van der Waals surface area contributed by atoms with Crippen LogP contribution in [0.5, 0.6) is 17.2 Å². The third-order valence-corrected chi connectivity index (χ3v) is 16.6. The van der Waals surface area contributed by atoms with E-state index in [9.17, 15) is 39.6 Å². The van der Waals surface area contributed by atoms with Crippen LogP contribution in [0.25, 0.3) is 10.8 Å². The lowest BCUT2D eigenvalue weighted by Crippen LogP contribution is -2.49. The van der Waals surface area contributed by atoms with Crippen LogP contribution in [0.3, 0.4) is 0 Å². The van der Waals surface area contributed by atoms with Crippen molar-refractivity contribution in [1.82, 2.24) is 9.80 Å². The summed E-state index contributed by atoms with van der Waals surface area (Å²) in [6.07, 6.45) is 7.43. The highest BCUT2D eigenvalue weighted by Gasteiger charge is 2.50. The van der Waals surface area contributed by atoms with Gasteiger partial charge in [0.1, 0.15) is 34.6 Å². The molecule has 410 valence electrons. The number of anilines is 2. The van der Waals surface area contributed by atoms with E-state index in [2.05, 4.69) is 48.1 Å². The number of esters is 1. The van der Waals surface area contributed by atoms with Crippen molar-refractivity contribution in [3.05, 3.63) is 88.3 Å². The number of carbonyl (C=O) groups is 4. The van der Waals surface area contributed by atoms with E-state index in [1.165, 1.54) is 13.2 Å². The van der Waals surface area contributed by atoms with Gasteiger partial charge in [-0.3, -0.25) is 29.2 Å². The van der Waals surface area contributed by atoms with E-state index in [0.717, 1.165) is 25.1 Å². The summed E-state index contributed by atoms with van der Waals surface area (Å²) in [5, 5.41) is 51.1. The summed E-state index contributed by atoms with van der Waals surface area (Å²) >= 11 is 0. The van der Waals surface area contributed by atoms with Gasteiger partial charge in [-0.1, -0.05) is 78.0 Å². The predicted molar refractivity (Wildman–Crippen MR) is 289 cm³/mol. The van der Waals surface area contributed by atoms with E-state index in [1.807, 2.05) is 25.1 Å². The first-order valence-electron chi connectivity index (χ1n) is 27.1. The summed E-state index contributed by atoms with van der Waals surface area (Å²) in [7, 11) is 2.05. The number of phenolic OH excluding ortho intramolecular Hbond substituents is 2. The van der Waals surface area contributed by atoms with E-state index in [1.54, 1.807) is 70.7 Å². The normalized spacial score (nSPS) is 29.4. The second-order valence-electron chi connectivity index (χ2n) is 22.7. The number of hydrogen-bond acceptors (Lipinski definition) is 15. The highest BCUT2D eigenvalue weighted by molar-refractivity contribution is 6.19. The molecule has 17 nitrogen and oxygen atoms in total. The van der Waals surface area contributed by atoms with Gasteiger partial charge in [0.2, 0.25) is 5.91 Å². The predicted octanol–water partition coefficient (Wildman–Crippen LogP) is 6.87. The Morgan fingerprint density at radius 2 is 1.57 bits per heavy atom. The van der Waals surface area contributed by atoms with Gasteiger partial charge in [-0.2, -0.15) is 0 Å². The fourth-order valence-corrected chi connectivity index (χ4v) is 11.7. The van der Waals surface area contributed by atoms with E-state index < -0.39 is 82.8 Å². The summed E-state index contributed by atoms with van der Waals surface area (Å²) in [6, 6.07) is 10.3. The monoisotopic (exact) mass is 1050 g/mol. The van der Waals surface area contributed by atoms with E-state index in [0.29, 0.717) is 44.9 Å². The molecule has 17 heteroatoms. The Morgan fingerprint density at radius 3 is 2.22 bits per heavy atom. The van der Waals surface area contributed by atoms with Gasteiger partial charge in [0.05, 0.1) is 34.8 Å². The number of para-hydroxylation sites is 1. The molecule has 76 heavy (non-hydrogen) atoms. The Labute approximate surface area is 446 Å². The number of carbonyl (C=O) groups excluding carboxylic acids is 4. The number of piperidine rings is 2. The quantitative estimate of drug-likeness (QED) is 0.0928. The maximum Gasteiger partial charge on any atom is 0.318 e. The van der Waals surface area contributed by atoms with Gasteiger partial charge in [-0.05, 0) is 70.1 Å². The first-order valence-corrected chi connectivity index (χ1v) is 27.1. The van der Waals surface area contributed by atoms with Crippen molar-refractivity contribution < 1.29 is 53.8 Å². The lowest BCUT2D eigenvalue weighted by molar-refractivity contribution is -0.168. The number of rotatable bonds is 7. The van der Waals surface area contributed by atoms with Crippen molar-refractivity contribution >= 4 is 45.7 Å². The molecule has 2 saturated heterocycles. The molecule has 9 rings (SSSR count). The summed E-state index contributed by atoms with van der Waals surface area (Å²) in [4.78, 5) is 73.7. The van der Waals surface area contributed by atoms with Crippen LogP contribution < -0.4 is 25.7 Å². The zero-order chi connectivity index (χ0) is 55.1. The van der Waals surface area contributed by atoms with E-state index in [-0.39, 0.29) is 73.7 Å². The molecule has 0 aliphatic carbocycles. The van der Waals surface area contributed by atoms with Crippen molar-refractivity contribution in [3.63, 3.8) is 0 Å². The Balaban J connectivity index is 1.11. The van der Waals surface area contributed by atoms with Gasteiger partial charge >= 0.3 is 11.8 Å². The number of aliphatic hydroxyl groups is 2. The number of amides is 2. The minimum Gasteiger partial charge on any atom is -0.507 e. The molecule has 6 heterocycles. The zero-order valence-corrected chi connectivity index (χ0v) is 46.0. The number of fused-ring (bicyclic) bond motifs is 13. The minimum atomic E-state index is -1.96. The maximum atomic E-state index is 14.9. The first kappa shape index (κ1) is 55.9. The number of ketones is 1. The van der Waals surface area contributed by atoms with Gasteiger partial charge in [-0.25, -0.2) is 0 Å². The molecule has 0 aromatic heterocycles. The number of Topliss-reactive ketones (excluding diaryl/α,β-unsaturated/α-hetero) is 1. The van der Waals surface area contributed by atoms with E-state index in [4.69, 9.17) is 24.2 Å². The number of ether oxygens (including phenoxy) is 3. The lowest BCUT2D eigenvalue weighted by Gasteiger charge is -2.39. The summed E-state index contributed by atoms with van der Waals surface area (Å²) in [5.41, 5.74) is 0.488. The van der Waals surface area contributed by atoms with Crippen molar-refractivity contribution in [2.45, 2.75) is 137 Å². The minimum absolute atomic E-state index is 0.0377. The Bertz CT molecular complexity index is 2940. The Morgan fingerprint density at radius 1 is 0.908 bits per heavy atom. The molecule has 3 aromatic rings. The second kappa shape index (κ2) is 22.3. The molecule has 6 aliphatic heterocycles. The van der Waals surface area contributed by atoms with Crippen LogP contribution >= 0.6 is 0 Å². The van der Waals surface area contributed by atoms with Crippen LogP contribution in [0.15, 0.2) is 76.5 Å². The average Bonchev–Trinajstić information content (AvgIpc) is 3.91. The average molecular weight is 1050 g/mol. The van der Waals surface area contributed by atoms with Gasteiger partial charge in [0.15, 0.2) is 11.4 Å². The second-order valence-corrected chi connectivity index (χ2v) is 22.7. The molecule has 3 aromatic carbocycles. The van der Waals surface area contributed by atoms with Gasteiger partial charge in [-0.15, -0.1) is 0 Å². The van der Waals surface area contributed by atoms with Gasteiger partial charge in [0.25, 0.3) is 11.7 Å². The fourth-order valence-electron chi connectivity index (χ4n) is 11.7. The zero-order valence-electron chi connectivity index (χ0n) is 46.0. The molecule has 1 spiro atoms. The number of likely N-dealkylation sites (tertiary alicyclic amines) is 2. The molecule has 5 bridgehead atoms. The van der Waals surface area contributed by atoms with Crippen molar-refractivity contribution in [2.24, 2.45) is 45.5 Å². The SMILES string of the molecule is C/C1=C/C=C/C(C)[C@H](O)[C@@H](C)C(O)[C@@H](C)C(OC(=O)C(C)C(=O)N2CCC(N(C)c3ccccc3)CC2)[C@H](C)C/C=C/OC2(C)Oc3c(C)c(O)c4c(O)c(c5c(c4c3C2=O)=NC2(CCN(CC(C)C)CC2)N=5)NC1=O. The molecule has 2 amide bonds. The van der Waals surface area contributed by atoms with Gasteiger partial charge in [0, 0.05) is 106 Å². The largest absolute Gasteiger partial charge is 0.507 e. The number of aromatic hydroxyl groups is 2. The van der Waals surface area contributed by atoms with Crippen molar-refractivity contribution in [2.75, 3.05) is 50.0 Å². The summed E-state index contributed by atoms with van der Waals surface area (Å²) in [5.74, 6) is -8.22. The van der Waals surface area contributed by atoms with Crippen LogP contribution in [-0.4, -0.2) is 129 Å². The molecule has 9 atom stereocenters. The number of nitrogens with one attached hydrogen (secondary N) is 1. The molecule has 5 N–H and O–H groups in total. The van der Waals surface area contributed by atoms with Crippen LogP contribution in [0, 0.1) is 42.4 Å². The molecule has 5 unspecified atom stereocenters. The van der Waals surface area contributed by atoms with Crippen LogP contribution in [0.4, 0.5) is 11.4 Å². The maximum absolute atomic E-state index is 14.9. The lowest BCUT2D eigenvalue weighted by atomic mass is 9.79. The number of phenols is 2. The van der Waals surface area contributed by atoms with Gasteiger partial charge < -0.3 is 54.7 Å². The molecule has 6 aliphatic rings. The van der Waals surface area contributed by atoms with Crippen LogP contribution in [0.2, 0.25) is 0 Å². The summed E-state index contributed by atoms with van der Waals surface area (Å²) in [6.45, 7) is 20.8. The van der Waals surface area contributed by atoms with Crippen LogP contribution in [-0.2, 0) is 23.9 Å². The molecular weight excluding hydrogens is 969 g/mol. The first-order chi connectivity index (χ1) is 36.0. The fraction of sp³-hybridized carbons (Fsp3) is 0.559. The standard InChI is InChI=1S/C59H78N6O11/c1-32(2)31-64-28-24-59(25-29-64)61-45-42-43-50(68)38(8)53-44(42)54(70)58(10,76-53)74-30-16-19-34(4)52(75-57(73)39(9)56(72)65-26-22-41(23-27-65)63(11)40-20-13-12-14-21-40)37(7)49(67)36(6)48(66)33(3)17-15-18-35(5)55(71)60-47(51(43)69)46(45)62-59/h12-18,20-21,30,32-34,36-37,39,41,48-49,52,66-69H,19,22-29,31H2,1-11H3,(H,60,71)/b17-15+,30-16+,35-18-/t33?,34-,36-,37-,39?,48+,49?,52?,58?/m1/s1. The van der Waals surface area contributed by atoms with Crippen molar-refractivity contribution in [3.8, 4) is 17.2 Å². The number of hydrogen-bond donors (Lipinski definition) is 5. The summed E-state index contributed by atoms with van der Waals surface area (Å²) < 4.78 is 18.8. The van der Waals surface area contributed by atoms with E-state index >= 15 is 0 Å². The van der Waals surface area contributed by atoms with Crippen molar-refractivity contribution in [1.29, 1.82) is 0 Å². The highest BCUT2D eigenvalue weighted by Crippen LogP contribution is 2.50. The molecule has 0 radical (unpaired) electrons. The smallest absolute Gasteiger partial charge is 0.318 e. The highest BCUT2D eigenvalue weighted by atomic mass is 16.7. The number of aliphatic hydroxyl groups excluding tert-OH is 2. The Hall–Kier alpha value is -6.30. The topological polar surface area (TPSA) is 223 Å². The Kier molecular flexibility index (Phi) is 16.4. The third-order valence-electron chi connectivity index (χ3n) is 16.6.